The number of rotatable bonds is 28. The van der Waals surface area contributed by atoms with Crippen LogP contribution in [0, 0.1) is 11.8 Å². The molecule has 22 nitrogen and oxygen atoms in total. The lowest BCUT2D eigenvalue weighted by molar-refractivity contribution is -0.143. The number of amides is 7. The van der Waals surface area contributed by atoms with E-state index in [1.165, 1.54) is 12.5 Å². The summed E-state index contributed by atoms with van der Waals surface area (Å²) in [5, 5.41) is 43.9. The molecule has 57 heavy (non-hydrogen) atoms. The molecule has 0 aliphatic carbocycles. The van der Waals surface area contributed by atoms with Gasteiger partial charge in [0.1, 0.15) is 36.3 Å². The van der Waals surface area contributed by atoms with E-state index < -0.39 is 103 Å². The summed E-state index contributed by atoms with van der Waals surface area (Å²) in [5.74, 6) is -7.79. The Morgan fingerprint density at radius 1 is 0.667 bits per heavy atom. The van der Waals surface area contributed by atoms with Crippen LogP contribution in [-0.2, 0) is 44.8 Å². The molecule has 1 rings (SSSR count). The quantitative estimate of drug-likeness (QED) is 0.0357. The van der Waals surface area contributed by atoms with Gasteiger partial charge in [-0.1, -0.05) is 27.7 Å². The predicted octanol–water partition coefficient (Wildman–Crippen LogP) is -4.26. The topological polar surface area (TPSA) is 376 Å². The molecule has 0 aliphatic heterocycles. The molecule has 0 bridgehead atoms. The number of carbonyl (C=O) groups excluding carboxylic acids is 7. The maximum atomic E-state index is 13.7. The Bertz CT molecular complexity index is 1480. The van der Waals surface area contributed by atoms with Crippen molar-refractivity contribution in [3.05, 3.63) is 18.2 Å². The van der Waals surface area contributed by atoms with Gasteiger partial charge in [-0.2, -0.15) is 0 Å². The lowest BCUT2D eigenvalue weighted by atomic mass is 10.00. The normalized spacial score (nSPS) is 14.9. The number of unbranched alkanes of at least 4 members (excludes halogenated alkanes) is 1. The number of carboxylic acid groups (broad SMARTS) is 1. The zero-order valence-corrected chi connectivity index (χ0v) is 32.9. The van der Waals surface area contributed by atoms with Gasteiger partial charge >= 0.3 is 5.97 Å². The Labute approximate surface area is 331 Å². The number of nitrogens with two attached hydrogens (primary N) is 3. The highest BCUT2D eigenvalue weighted by Gasteiger charge is 2.34. The Morgan fingerprint density at radius 2 is 1.11 bits per heavy atom. The first-order chi connectivity index (χ1) is 26.8. The van der Waals surface area contributed by atoms with Gasteiger partial charge in [0.2, 0.25) is 41.4 Å². The average molecular weight is 812 g/mol. The second-order valence-corrected chi connectivity index (χ2v) is 14.5. The van der Waals surface area contributed by atoms with E-state index in [1.807, 2.05) is 0 Å². The van der Waals surface area contributed by atoms with Gasteiger partial charge in [-0.15, -0.1) is 0 Å². The fraction of sp³-hybridized carbons (Fsp3) is 0.686. The molecule has 0 aromatic carbocycles. The minimum atomic E-state index is -1.66. The number of aliphatic carboxylic acids is 1. The lowest BCUT2D eigenvalue weighted by Crippen LogP contribution is -2.61. The zero-order valence-electron chi connectivity index (χ0n) is 32.9. The molecule has 1 heterocycles. The number of imidazole rings is 1. The number of primary amides is 1. The number of nitrogens with one attached hydrogen (secondary N) is 7. The molecule has 0 unspecified atom stereocenters. The third kappa shape index (κ3) is 19.0. The van der Waals surface area contributed by atoms with E-state index in [0.717, 1.165) is 0 Å². The highest BCUT2D eigenvalue weighted by Crippen LogP contribution is 2.11. The molecule has 0 spiro atoms. The van der Waals surface area contributed by atoms with Crippen molar-refractivity contribution in [1.82, 2.24) is 41.9 Å². The smallest absolute Gasteiger partial charge is 0.326 e. The number of aromatic nitrogens is 2. The summed E-state index contributed by atoms with van der Waals surface area (Å²) in [6.07, 6.45) is 3.25. The second-order valence-electron chi connectivity index (χ2n) is 14.5. The molecular formula is C35H61N11O11. The van der Waals surface area contributed by atoms with Crippen molar-refractivity contribution in [3.63, 3.8) is 0 Å². The average Bonchev–Trinajstić information content (AvgIpc) is 3.65. The summed E-state index contributed by atoms with van der Waals surface area (Å²) in [4.78, 5) is 110. The van der Waals surface area contributed by atoms with Crippen molar-refractivity contribution in [2.45, 2.75) is 121 Å². The van der Waals surface area contributed by atoms with E-state index in [4.69, 9.17) is 17.2 Å². The molecule has 22 heteroatoms. The first-order valence-corrected chi connectivity index (χ1v) is 18.8. The summed E-state index contributed by atoms with van der Waals surface area (Å²) in [6, 6.07) is -9.67. The third-order valence-electron chi connectivity index (χ3n) is 8.51. The van der Waals surface area contributed by atoms with E-state index in [2.05, 4.69) is 41.9 Å². The van der Waals surface area contributed by atoms with E-state index in [-0.39, 0.29) is 56.9 Å². The number of carboxylic acids is 1. The summed E-state index contributed by atoms with van der Waals surface area (Å²) in [5.41, 5.74) is 17.3. The number of nitrogens with zero attached hydrogens (tertiary/aromatic N) is 1. The van der Waals surface area contributed by atoms with Gasteiger partial charge in [0, 0.05) is 19.0 Å². The van der Waals surface area contributed by atoms with Crippen molar-refractivity contribution >= 4 is 47.3 Å². The standard InChI is InChI=1S/C35H61N11O11/c1-18(2)11-24(32(53)42-23(8-9-28(38)49)31(52)44-25(35(56)57)12-19(3)4)43-30(51)22(7-5-6-10-36)41-33(54)27(16-48)46-34(55)26(15-47)45-29(50)21(37)13-20-14-39-17-40-20/h14,17-19,21-27,47-48H,5-13,15-16,36-37H2,1-4H3,(H2,38,49)(H,39,40)(H,41,54)(H,42,53)(H,43,51)(H,44,52)(H,45,50)(H,46,55)(H,56,57)/t21-,22-,23-,24-,25-,26-,27-/m0/s1. The van der Waals surface area contributed by atoms with Crippen LogP contribution in [-0.4, -0.2) is 135 Å². The fourth-order valence-electron chi connectivity index (χ4n) is 5.46. The minimum Gasteiger partial charge on any atom is -0.480 e. The molecule has 322 valence electrons. The Morgan fingerprint density at radius 3 is 1.56 bits per heavy atom. The highest BCUT2D eigenvalue weighted by molar-refractivity contribution is 5.97. The molecule has 0 saturated heterocycles. The van der Waals surface area contributed by atoms with E-state index in [9.17, 15) is 53.7 Å². The largest absolute Gasteiger partial charge is 0.480 e. The van der Waals surface area contributed by atoms with Crippen LogP contribution < -0.4 is 49.1 Å². The lowest BCUT2D eigenvalue weighted by Gasteiger charge is -2.28. The third-order valence-corrected chi connectivity index (χ3v) is 8.51. The molecule has 7 amide bonds. The van der Waals surface area contributed by atoms with Crippen molar-refractivity contribution in [1.29, 1.82) is 0 Å². The Hall–Kier alpha value is -5.19. The van der Waals surface area contributed by atoms with Crippen LogP contribution in [0.1, 0.15) is 78.3 Å². The number of aliphatic hydroxyl groups is 2. The van der Waals surface area contributed by atoms with Crippen LogP contribution in [0.4, 0.5) is 0 Å². The van der Waals surface area contributed by atoms with E-state index in [0.29, 0.717) is 18.5 Å². The van der Waals surface area contributed by atoms with Crippen LogP contribution in [0.15, 0.2) is 12.5 Å². The van der Waals surface area contributed by atoms with E-state index >= 15 is 0 Å². The van der Waals surface area contributed by atoms with Gasteiger partial charge in [-0.05, 0) is 56.9 Å². The molecule has 1 aromatic rings. The maximum Gasteiger partial charge on any atom is 0.326 e. The van der Waals surface area contributed by atoms with Gasteiger partial charge in [0.25, 0.3) is 0 Å². The highest BCUT2D eigenvalue weighted by atomic mass is 16.4. The van der Waals surface area contributed by atoms with Gasteiger partial charge in [0.15, 0.2) is 0 Å². The second kappa shape index (κ2) is 25.9. The van der Waals surface area contributed by atoms with Crippen LogP contribution >= 0.6 is 0 Å². The molecular weight excluding hydrogens is 750 g/mol. The molecule has 0 radical (unpaired) electrons. The summed E-state index contributed by atoms with van der Waals surface area (Å²) >= 11 is 0. The van der Waals surface area contributed by atoms with Crippen molar-refractivity contribution < 1.29 is 53.7 Å². The monoisotopic (exact) mass is 811 g/mol. The van der Waals surface area contributed by atoms with Crippen LogP contribution in [0.2, 0.25) is 0 Å². The zero-order chi connectivity index (χ0) is 43.2. The molecule has 0 aliphatic rings. The van der Waals surface area contributed by atoms with Crippen LogP contribution in [0.5, 0.6) is 0 Å². The minimum absolute atomic E-state index is 0.0101. The molecule has 0 saturated carbocycles. The molecule has 16 N–H and O–H groups in total. The van der Waals surface area contributed by atoms with Crippen LogP contribution in [0.25, 0.3) is 0 Å². The number of hydrogen-bond donors (Lipinski definition) is 13. The predicted molar refractivity (Wildman–Crippen MR) is 204 cm³/mol. The van der Waals surface area contributed by atoms with Crippen LogP contribution in [0.3, 0.4) is 0 Å². The maximum absolute atomic E-state index is 13.7. The first-order valence-electron chi connectivity index (χ1n) is 18.8. The molecule has 7 atom stereocenters. The fourth-order valence-corrected chi connectivity index (χ4v) is 5.46. The summed E-state index contributed by atoms with van der Waals surface area (Å²) in [6.45, 7) is 5.46. The summed E-state index contributed by atoms with van der Waals surface area (Å²) in [7, 11) is 0. The Balaban J connectivity index is 3.17. The number of carbonyl (C=O) groups is 8. The SMILES string of the molecule is CC(C)C[C@H](NC(=O)[C@H](CCC(N)=O)NC(=O)[C@H](CC(C)C)NC(=O)[C@H](CCCCN)NC(=O)[C@H](CO)NC(=O)[C@H](CO)NC(=O)[C@@H](N)Cc1c[nH]cn1)C(=O)O. The first kappa shape index (κ1) is 49.8. The van der Waals surface area contributed by atoms with E-state index in [1.54, 1.807) is 27.7 Å². The Kier molecular flexibility index (Phi) is 22.6. The van der Waals surface area contributed by atoms with Crippen molar-refractivity contribution in [2.24, 2.45) is 29.0 Å². The van der Waals surface area contributed by atoms with Gasteiger partial charge in [-0.25, -0.2) is 9.78 Å². The number of hydrogen-bond acceptors (Lipinski definition) is 13. The molecule has 0 fully saturated rings. The van der Waals surface area contributed by atoms with Gasteiger partial charge < -0.3 is 69.4 Å². The van der Waals surface area contributed by atoms with Crippen molar-refractivity contribution in [2.75, 3.05) is 19.8 Å². The number of aromatic amines is 1. The van der Waals surface area contributed by atoms with Gasteiger partial charge in [-0.3, -0.25) is 33.6 Å². The number of aliphatic hydroxyl groups excluding tert-OH is 2. The van der Waals surface area contributed by atoms with Gasteiger partial charge in [0.05, 0.1) is 31.3 Å². The van der Waals surface area contributed by atoms with Crippen molar-refractivity contribution in [3.8, 4) is 0 Å². The summed E-state index contributed by atoms with van der Waals surface area (Å²) < 4.78 is 0. The number of H-pyrrole nitrogens is 1. The molecule has 1 aromatic heterocycles.